The van der Waals surface area contributed by atoms with Gasteiger partial charge in [-0.05, 0) is 68.1 Å². The van der Waals surface area contributed by atoms with Crippen LogP contribution < -0.4 is 10.6 Å². The highest BCUT2D eigenvalue weighted by atomic mass is 32.1. The van der Waals surface area contributed by atoms with E-state index in [4.69, 9.17) is 0 Å². The molecule has 4 amide bonds. The van der Waals surface area contributed by atoms with Crippen molar-refractivity contribution < 1.29 is 14.4 Å². The Hall–Kier alpha value is -2.74. The average molecular weight is 453 g/mol. The summed E-state index contributed by atoms with van der Waals surface area (Å²) in [7, 11) is 0. The van der Waals surface area contributed by atoms with E-state index in [1.165, 1.54) is 28.9 Å². The van der Waals surface area contributed by atoms with Crippen LogP contribution in [0.5, 0.6) is 0 Å². The molecule has 168 valence electrons. The van der Waals surface area contributed by atoms with E-state index in [0.29, 0.717) is 23.9 Å². The molecule has 5 rings (SSSR count). The second-order valence-electron chi connectivity index (χ2n) is 9.18. The number of thiazole rings is 1. The van der Waals surface area contributed by atoms with E-state index in [2.05, 4.69) is 40.7 Å². The molecule has 1 aromatic carbocycles. The molecule has 8 heteroatoms. The van der Waals surface area contributed by atoms with E-state index in [1.54, 1.807) is 0 Å². The minimum atomic E-state index is -0.828. The van der Waals surface area contributed by atoms with E-state index in [9.17, 15) is 14.4 Å². The molecule has 2 heterocycles. The molecule has 2 aromatic rings. The maximum absolute atomic E-state index is 13.0. The zero-order valence-electron chi connectivity index (χ0n) is 18.3. The molecule has 1 spiro atoms. The number of aryl methyl sites for hydroxylation is 2. The smallest absolute Gasteiger partial charge is 0.323 e. The van der Waals surface area contributed by atoms with Crippen LogP contribution in [-0.2, 0) is 22.4 Å². The fourth-order valence-electron chi connectivity index (χ4n) is 5.23. The number of hydrogen-bond donors (Lipinski definition) is 2. The van der Waals surface area contributed by atoms with Gasteiger partial charge < -0.3 is 10.6 Å². The van der Waals surface area contributed by atoms with E-state index in [0.717, 1.165) is 48.3 Å². The Morgan fingerprint density at radius 3 is 2.81 bits per heavy atom. The molecule has 0 bridgehead atoms. The first-order chi connectivity index (χ1) is 15.5. The highest BCUT2D eigenvalue weighted by molar-refractivity contribution is 7.14. The number of aromatic nitrogens is 1. The van der Waals surface area contributed by atoms with Gasteiger partial charge in [0.05, 0.1) is 5.69 Å². The first-order valence-corrected chi connectivity index (χ1v) is 12.4. The Labute approximate surface area is 191 Å². The largest absolute Gasteiger partial charge is 0.325 e. The van der Waals surface area contributed by atoms with E-state index < -0.39 is 17.5 Å². The minimum absolute atomic E-state index is 0.273. The highest BCUT2D eigenvalue weighted by Crippen LogP contribution is 2.37. The summed E-state index contributed by atoms with van der Waals surface area (Å²) in [5.74, 6) is -0.0831. The predicted molar refractivity (Wildman–Crippen MR) is 123 cm³/mol. The topological polar surface area (TPSA) is 91.4 Å². The van der Waals surface area contributed by atoms with Gasteiger partial charge in [0.15, 0.2) is 5.13 Å². The van der Waals surface area contributed by atoms with E-state index in [-0.39, 0.29) is 12.5 Å². The monoisotopic (exact) mass is 452 g/mol. The molecule has 1 aliphatic heterocycles. The summed E-state index contributed by atoms with van der Waals surface area (Å²) in [6.45, 7) is 1.86. The second-order valence-corrected chi connectivity index (χ2v) is 10.0. The summed E-state index contributed by atoms with van der Waals surface area (Å²) in [4.78, 5) is 43.7. The number of carbonyl (C=O) groups excluding carboxylic acids is 3. The molecule has 0 unspecified atom stereocenters. The van der Waals surface area contributed by atoms with Gasteiger partial charge in [-0.1, -0.05) is 25.5 Å². The van der Waals surface area contributed by atoms with Crippen LogP contribution in [0.25, 0.3) is 11.3 Å². The molecule has 32 heavy (non-hydrogen) atoms. The molecule has 1 saturated heterocycles. The molecule has 3 aliphatic rings. The third-order valence-electron chi connectivity index (χ3n) is 7.23. The maximum atomic E-state index is 13.0. The number of urea groups is 1. The lowest BCUT2D eigenvalue weighted by Gasteiger charge is -2.34. The third-order valence-corrected chi connectivity index (χ3v) is 7.99. The van der Waals surface area contributed by atoms with Crippen LogP contribution in [0, 0.1) is 5.92 Å². The number of fused-ring (bicyclic) bond motifs is 1. The minimum Gasteiger partial charge on any atom is -0.323 e. The number of amides is 4. The molecule has 2 N–H and O–H groups in total. The molecule has 1 saturated carbocycles. The van der Waals surface area contributed by atoms with Crippen molar-refractivity contribution in [3.63, 3.8) is 0 Å². The van der Waals surface area contributed by atoms with Crippen molar-refractivity contribution in [2.75, 3.05) is 11.9 Å². The van der Waals surface area contributed by atoms with Crippen molar-refractivity contribution in [2.45, 2.75) is 63.8 Å². The van der Waals surface area contributed by atoms with Crippen LogP contribution in [0.2, 0.25) is 0 Å². The molecule has 7 nitrogen and oxygen atoms in total. The summed E-state index contributed by atoms with van der Waals surface area (Å²) < 4.78 is 0. The lowest BCUT2D eigenvalue weighted by Crippen LogP contribution is -2.49. The Morgan fingerprint density at radius 1 is 1.25 bits per heavy atom. The summed E-state index contributed by atoms with van der Waals surface area (Å²) in [6.07, 6.45) is 7.66. The predicted octanol–water partition coefficient (Wildman–Crippen LogP) is 4.13. The van der Waals surface area contributed by atoms with Gasteiger partial charge in [-0.2, -0.15) is 0 Å². The SMILES string of the molecule is CCC1CCC2(CC1)NC(=O)N(CC(=O)Nc1nc(-c3ccc4c(c3)CCC4)cs1)C2=O. The van der Waals surface area contributed by atoms with Gasteiger partial charge in [-0.3, -0.25) is 14.5 Å². The van der Waals surface area contributed by atoms with E-state index in [1.807, 2.05) is 5.38 Å². The van der Waals surface area contributed by atoms with Crippen LogP contribution in [0.15, 0.2) is 23.6 Å². The summed E-state index contributed by atoms with van der Waals surface area (Å²) >= 11 is 1.34. The van der Waals surface area contributed by atoms with Crippen LogP contribution in [-0.4, -0.2) is 39.8 Å². The zero-order valence-corrected chi connectivity index (χ0v) is 19.1. The number of nitrogens with one attached hydrogen (secondary N) is 2. The highest BCUT2D eigenvalue weighted by Gasteiger charge is 2.52. The van der Waals surface area contributed by atoms with Crippen molar-refractivity contribution in [3.05, 3.63) is 34.7 Å². The van der Waals surface area contributed by atoms with Crippen LogP contribution in [0.4, 0.5) is 9.93 Å². The number of nitrogens with zero attached hydrogens (tertiary/aromatic N) is 2. The standard InChI is InChI=1S/C24H28N4O3S/c1-2-15-8-10-24(11-9-15)21(30)28(23(31)27-24)13-20(29)26-22-25-19(14-32-22)18-7-6-16-4-3-5-17(16)12-18/h6-7,12,14-15H,2-5,8-11,13H2,1H3,(H,27,31)(H,25,26,29). The third kappa shape index (κ3) is 3.81. The van der Waals surface area contributed by atoms with Crippen molar-refractivity contribution >= 4 is 34.3 Å². The van der Waals surface area contributed by atoms with Gasteiger partial charge in [-0.25, -0.2) is 9.78 Å². The molecule has 2 fully saturated rings. The Balaban J connectivity index is 1.22. The Kier molecular flexibility index (Phi) is 5.49. The van der Waals surface area contributed by atoms with Crippen molar-refractivity contribution in [2.24, 2.45) is 5.92 Å². The lowest BCUT2D eigenvalue weighted by molar-refractivity contribution is -0.135. The second kappa shape index (κ2) is 8.31. The number of carbonyl (C=O) groups is 3. The Morgan fingerprint density at radius 2 is 2.03 bits per heavy atom. The summed E-state index contributed by atoms with van der Waals surface area (Å²) in [6, 6.07) is 5.95. The summed E-state index contributed by atoms with van der Waals surface area (Å²) in [5.41, 5.74) is 3.82. The number of anilines is 1. The number of rotatable bonds is 5. The van der Waals surface area contributed by atoms with Gasteiger partial charge in [-0.15, -0.1) is 11.3 Å². The van der Waals surface area contributed by atoms with Gasteiger partial charge in [0.2, 0.25) is 5.91 Å². The first kappa shape index (κ1) is 21.1. The van der Waals surface area contributed by atoms with Crippen molar-refractivity contribution in [1.82, 2.24) is 15.2 Å². The first-order valence-electron chi connectivity index (χ1n) is 11.5. The van der Waals surface area contributed by atoms with Crippen LogP contribution in [0.1, 0.15) is 56.6 Å². The maximum Gasteiger partial charge on any atom is 0.325 e. The summed E-state index contributed by atoms with van der Waals surface area (Å²) in [5, 5.41) is 8.01. The molecule has 0 radical (unpaired) electrons. The molecule has 1 aromatic heterocycles. The fourth-order valence-corrected chi connectivity index (χ4v) is 5.97. The number of benzene rings is 1. The van der Waals surface area contributed by atoms with Crippen molar-refractivity contribution in [1.29, 1.82) is 0 Å². The fraction of sp³-hybridized carbons (Fsp3) is 0.500. The van der Waals surface area contributed by atoms with Gasteiger partial charge in [0.1, 0.15) is 12.1 Å². The quantitative estimate of drug-likeness (QED) is 0.668. The zero-order chi connectivity index (χ0) is 22.3. The number of hydrogen-bond acceptors (Lipinski definition) is 5. The van der Waals surface area contributed by atoms with Gasteiger partial charge >= 0.3 is 6.03 Å². The molecule has 2 aliphatic carbocycles. The average Bonchev–Trinajstić information content (AvgIpc) is 3.50. The van der Waals surface area contributed by atoms with Gasteiger partial charge in [0, 0.05) is 10.9 Å². The van der Waals surface area contributed by atoms with Crippen LogP contribution >= 0.6 is 11.3 Å². The normalized spacial score (nSPS) is 24.7. The lowest BCUT2D eigenvalue weighted by atomic mass is 9.75. The van der Waals surface area contributed by atoms with Crippen molar-refractivity contribution in [3.8, 4) is 11.3 Å². The van der Waals surface area contributed by atoms with Gasteiger partial charge in [0.25, 0.3) is 5.91 Å². The molecular weight excluding hydrogens is 424 g/mol. The number of imide groups is 1. The molecular formula is C24H28N4O3S. The van der Waals surface area contributed by atoms with Crippen LogP contribution in [0.3, 0.4) is 0 Å². The van der Waals surface area contributed by atoms with E-state index >= 15 is 0 Å². The molecule has 0 atom stereocenters. The Bertz CT molecular complexity index is 1070.